The number of carbonyl (C=O) groups is 1. The maximum Gasteiger partial charge on any atom is 0.267 e. The second-order valence-corrected chi connectivity index (χ2v) is 8.96. The summed E-state index contributed by atoms with van der Waals surface area (Å²) >= 11 is 0. The van der Waals surface area contributed by atoms with E-state index in [1.54, 1.807) is 0 Å². The SMILES string of the molecule is Cc1cnc(C2CCC2)n1CCC1CCN(C(=O)C2COc3ccccc3O2)CC1. The number of ether oxygens (including phenoxy) is 2. The lowest BCUT2D eigenvalue weighted by molar-refractivity contribution is -0.142. The van der Waals surface area contributed by atoms with Crippen molar-refractivity contribution >= 4 is 5.91 Å². The fourth-order valence-corrected chi connectivity index (χ4v) is 4.86. The van der Waals surface area contributed by atoms with E-state index in [0.29, 0.717) is 24.2 Å². The Bertz CT molecular complexity index is 897. The van der Waals surface area contributed by atoms with E-state index in [0.717, 1.165) is 44.6 Å². The van der Waals surface area contributed by atoms with Gasteiger partial charge in [0, 0.05) is 37.4 Å². The highest BCUT2D eigenvalue weighted by Gasteiger charge is 2.33. The molecule has 0 N–H and O–H groups in total. The van der Waals surface area contributed by atoms with Crippen LogP contribution in [0.4, 0.5) is 0 Å². The number of nitrogens with zero attached hydrogens (tertiary/aromatic N) is 3. The molecular weight excluding hydrogens is 378 g/mol. The van der Waals surface area contributed by atoms with Gasteiger partial charge >= 0.3 is 0 Å². The number of benzene rings is 1. The van der Waals surface area contributed by atoms with Gasteiger partial charge in [-0.3, -0.25) is 4.79 Å². The zero-order valence-corrected chi connectivity index (χ0v) is 17.8. The van der Waals surface area contributed by atoms with Gasteiger partial charge in [0.2, 0.25) is 6.10 Å². The highest BCUT2D eigenvalue weighted by atomic mass is 16.6. The highest BCUT2D eigenvalue weighted by molar-refractivity contribution is 5.82. The first-order valence-electron chi connectivity index (χ1n) is 11.4. The molecule has 0 spiro atoms. The van der Waals surface area contributed by atoms with Crippen LogP contribution >= 0.6 is 0 Å². The van der Waals surface area contributed by atoms with Crippen LogP contribution < -0.4 is 9.47 Å². The number of rotatable bonds is 5. The van der Waals surface area contributed by atoms with Crippen LogP contribution in [0.3, 0.4) is 0 Å². The molecule has 1 amide bonds. The molecule has 1 saturated carbocycles. The van der Waals surface area contributed by atoms with Gasteiger partial charge in [-0.1, -0.05) is 18.6 Å². The summed E-state index contributed by atoms with van der Waals surface area (Å²) in [5.41, 5.74) is 1.28. The maximum absolute atomic E-state index is 12.9. The normalized spacial score (nSPS) is 22.0. The summed E-state index contributed by atoms with van der Waals surface area (Å²) in [5, 5.41) is 0. The average Bonchev–Trinajstić information content (AvgIpc) is 3.10. The molecule has 5 rings (SSSR count). The van der Waals surface area contributed by atoms with Crippen LogP contribution in [0.2, 0.25) is 0 Å². The van der Waals surface area contributed by atoms with Crippen molar-refractivity contribution in [2.45, 2.75) is 64.0 Å². The van der Waals surface area contributed by atoms with Gasteiger partial charge in [-0.2, -0.15) is 0 Å². The topological polar surface area (TPSA) is 56.6 Å². The molecule has 0 radical (unpaired) electrons. The number of hydrogen-bond donors (Lipinski definition) is 0. The monoisotopic (exact) mass is 409 g/mol. The average molecular weight is 410 g/mol. The molecule has 1 aliphatic carbocycles. The Morgan fingerprint density at radius 1 is 1.13 bits per heavy atom. The van der Waals surface area contributed by atoms with Crippen LogP contribution in [0.1, 0.15) is 56.0 Å². The van der Waals surface area contributed by atoms with E-state index in [4.69, 9.17) is 9.47 Å². The summed E-state index contributed by atoms with van der Waals surface area (Å²) in [4.78, 5) is 19.6. The number of piperidine rings is 1. The van der Waals surface area contributed by atoms with E-state index < -0.39 is 6.10 Å². The van der Waals surface area contributed by atoms with E-state index in [9.17, 15) is 4.79 Å². The Labute approximate surface area is 178 Å². The third-order valence-electron chi connectivity index (χ3n) is 7.03. The van der Waals surface area contributed by atoms with E-state index in [2.05, 4.69) is 16.5 Å². The van der Waals surface area contributed by atoms with Crippen LogP contribution in [0.5, 0.6) is 11.5 Å². The lowest BCUT2D eigenvalue weighted by atomic mass is 9.84. The Kier molecular flexibility index (Phi) is 5.40. The molecule has 6 heteroatoms. The minimum Gasteiger partial charge on any atom is -0.485 e. The summed E-state index contributed by atoms with van der Waals surface area (Å²) in [6.45, 7) is 5.12. The van der Waals surface area contributed by atoms with Gasteiger partial charge in [0.05, 0.1) is 0 Å². The van der Waals surface area contributed by atoms with E-state index in [-0.39, 0.29) is 5.91 Å². The Morgan fingerprint density at radius 2 is 1.90 bits per heavy atom. The lowest BCUT2D eigenvalue weighted by Gasteiger charge is -2.35. The first-order valence-corrected chi connectivity index (χ1v) is 11.4. The predicted octanol–water partition coefficient (Wildman–Crippen LogP) is 3.93. The van der Waals surface area contributed by atoms with Crippen LogP contribution in [-0.4, -0.2) is 46.2 Å². The lowest BCUT2D eigenvalue weighted by Crippen LogP contribution is -2.49. The fraction of sp³-hybridized carbons (Fsp3) is 0.583. The van der Waals surface area contributed by atoms with Gasteiger partial charge in [0.15, 0.2) is 11.5 Å². The molecule has 1 saturated heterocycles. The van der Waals surface area contributed by atoms with Crippen LogP contribution in [0.15, 0.2) is 30.5 Å². The molecule has 160 valence electrons. The maximum atomic E-state index is 12.9. The fourth-order valence-electron chi connectivity index (χ4n) is 4.86. The molecule has 1 atom stereocenters. The second-order valence-electron chi connectivity index (χ2n) is 8.96. The molecule has 30 heavy (non-hydrogen) atoms. The van der Waals surface area contributed by atoms with Crippen molar-refractivity contribution in [3.05, 3.63) is 42.0 Å². The predicted molar refractivity (Wildman–Crippen MR) is 114 cm³/mol. The van der Waals surface area contributed by atoms with Crippen molar-refractivity contribution in [2.24, 2.45) is 5.92 Å². The standard InChI is InChI=1S/C24H31N3O3/c1-17-15-25-23(19-5-4-6-19)27(17)14-11-18-9-12-26(13-10-18)24(28)22-16-29-20-7-2-3-8-21(20)30-22/h2-3,7-8,15,18-19,22H,4-6,9-14,16H2,1H3. The van der Waals surface area contributed by atoms with Crippen LogP contribution in [0, 0.1) is 12.8 Å². The molecule has 1 aromatic heterocycles. The number of imidazole rings is 1. The summed E-state index contributed by atoms with van der Waals surface area (Å²) in [6, 6.07) is 7.55. The van der Waals surface area contributed by atoms with Crippen molar-refractivity contribution in [1.82, 2.24) is 14.5 Å². The summed E-state index contributed by atoms with van der Waals surface area (Å²) < 4.78 is 14.1. The summed E-state index contributed by atoms with van der Waals surface area (Å²) in [7, 11) is 0. The zero-order chi connectivity index (χ0) is 20.5. The number of para-hydroxylation sites is 2. The first kappa shape index (κ1) is 19.5. The minimum absolute atomic E-state index is 0.0562. The van der Waals surface area contributed by atoms with Gasteiger partial charge in [-0.15, -0.1) is 0 Å². The molecule has 2 aliphatic heterocycles. The third kappa shape index (κ3) is 3.80. The number of aryl methyl sites for hydroxylation is 1. The van der Waals surface area contributed by atoms with Gasteiger partial charge in [0.25, 0.3) is 5.91 Å². The van der Waals surface area contributed by atoms with Gasteiger partial charge < -0.3 is 18.9 Å². The van der Waals surface area contributed by atoms with Crippen molar-refractivity contribution in [3.8, 4) is 11.5 Å². The number of amides is 1. The van der Waals surface area contributed by atoms with Crippen LogP contribution in [0.25, 0.3) is 0 Å². The number of likely N-dealkylation sites (tertiary alicyclic amines) is 1. The summed E-state index contributed by atoms with van der Waals surface area (Å²) in [6.07, 6.45) is 8.68. The molecule has 1 aromatic carbocycles. The Morgan fingerprint density at radius 3 is 2.63 bits per heavy atom. The Balaban J connectivity index is 1.12. The van der Waals surface area contributed by atoms with Crippen LogP contribution in [-0.2, 0) is 11.3 Å². The number of fused-ring (bicyclic) bond motifs is 1. The minimum atomic E-state index is -0.532. The molecule has 6 nitrogen and oxygen atoms in total. The second kappa shape index (κ2) is 8.32. The van der Waals surface area contributed by atoms with E-state index >= 15 is 0 Å². The number of hydrogen-bond acceptors (Lipinski definition) is 4. The molecule has 0 bridgehead atoms. The molecule has 3 heterocycles. The van der Waals surface area contributed by atoms with Crippen molar-refractivity contribution in [3.63, 3.8) is 0 Å². The highest BCUT2D eigenvalue weighted by Crippen LogP contribution is 2.36. The van der Waals surface area contributed by atoms with Gasteiger partial charge in [-0.05, 0) is 57.1 Å². The van der Waals surface area contributed by atoms with Gasteiger partial charge in [-0.25, -0.2) is 4.98 Å². The van der Waals surface area contributed by atoms with Crippen molar-refractivity contribution in [2.75, 3.05) is 19.7 Å². The van der Waals surface area contributed by atoms with E-state index in [1.165, 1.54) is 30.8 Å². The van der Waals surface area contributed by atoms with Crippen molar-refractivity contribution < 1.29 is 14.3 Å². The number of carbonyl (C=O) groups excluding carboxylic acids is 1. The zero-order valence-electron chi connectivity index (χ0n) is 17.8. The molecule has 1 unspecified atom stereocenters. The molecule has 3 aliphatic rings. The molecule has 2 aromatic rings. The molecule has 2 fully saturated rings. The summed E-state index contributed by atoms with van der Waals surface area (Å²) in [5.74, 6) is 4.06. The van der Waals surface area contributed by atoms with Gasteiger partial charge in [0.1, 0.15) is 12.4 Å². The van der Waals surface area contributed by atoms with Crippen molar-refractivity contribution in [1.29, 1.82) is 0 Å². The Hall–Kier alpha value is -2.50. The first-order chi connectivity index (χ1) is 14.7. The largest absolute Gasteiger partial charge is 0.485 e. The smallest absolute Gasteiger partial charge is 0.267 e. The molecular formula is C24H31N3O3. The van der Waals surface area contributed by atoms with E-state index in [1.807, 2.05) is 35.4 Å². The quantitative estimate of drug-likeness (QED) is 0.751. The number of aromatic nitrogens is 2. The third-order valence-corrected chi connectivity index (χ3v) is 7.03.